The second kappa shape index (κ2) is 9.94. The van der Waals surface area contributed by atoms with E-state index in [-0.39, 0.29) is 5.57 Å². The number of halogens is 1. The van der Waals surface area contributed by atoms with Gasteiger partial charge in [-0.3, -0.25) is 4.79 Å². The number of rotatable bonds is 5. The average molecular weight is 497 g/mol. The lowest BCUT2D eigenvalue weighted by Crippen LogP contribution is -2.13. The van der Waals surface area contributed by atoms with Gasteiger partial charge < -0.3 is 10.1 Å². The van der Waals surface area contributed by atoms with E-state index in [4.69, 9.17) is 4.74 Å². The predicted octanol–water partition coefficient (Wildman–Crippen LogP) is 6.37. The van der Waals surface area contributed by atoms with E-state index in [0.29, 0.717) is 27.0 Å². The molecule has 6 heteroatoms. The molecule has 0 radical (unpaired) electrons. The minimum absolute atomic E-state index is 0.0498. The van der Waals surface area contributed by atoms with Crippen LogP contribution in [-0.4, -0.2) is 11.9 Å². The van der Waals surface area contributed by atoms with Crippen molar-refractivity contribution in [1.29, 1.82) is 5.26 Å². The molecule has 0 aliphatic rings. The van der Waals surface area contributed by atoms with E-state index < -0.39 is 11.9 Å². The molecular weight excluding hydrogens is 480 g/mol. The van der Waals surface area contributed by atoms with E-state index >= 15 is 0 Å². The van der Waals surface area contributed by atoms with E-state index in [2.05, 4.69) is 21.2 Å². The molecule has 0 fully saturated rings. The summed E-state index contributed by atoms with van der Waals surface area (Å²) in [5, 5.41) is 13.9. The molecule has 4 rings (SSSR count). The fourth-order valence-electron chi connectivity index (χ4n) is 3.28. The molecule has 33 heavy (non-hydrogen) atoms. The zero-order valence-corrected chi connectivity index (χ0v) is 18.9. The van der Waals surface area contributed by atoms with E-state index in [1.807, 2.05) is 48.5 Å². The number of carbonyl (C=O) groups excluding carboxylic acids is 2. The number of benzene rings is 4. The van der Waals surface area contributed by atoms with Crippen LogP contribution in [0.1, 0.15) is 15.9 Å². The van der Waals surface area contributed by atoms with Crippen LogP contribution in [0.5, 0.6) is 5.75 Å². The minimum Gasteiger partial charge on any atom is -0.422 e. The van der Waals surface area contributed by atoms with Crippen LogP contribution in [-0.2, 0) is 4.79 Å². The van der Waals surface area contributed by atoms with Crippen molar-refractivity contribution in [3.8, 4) is 11.8 Å². The van der Waals surface area contributed by atoms with Crippen molar-refractivity contribution in [3.05, 3.63) is 112 Å². The predicted molar refractivity (Wildman–Crippen MR) is 132 cm³/mol. The summed E-state index contributed by atoms with van der Waals surface area (Å²) in [6.07, 6.45) is 1.47. The Morgan fingerprint density at radius 2 is 1.64 bits per heavy atom. The number of anilines is 1. The Balaban J connectivity index is 1.53. The quantitative estimate of drug-likeness (QED) is 0.151. The molecule has 0 aliphatic carbocycles. The SMILES string of the molecule is N#C/C(=C\c1ccc(OC(=O)c2cccc3ccccc23)c(Br)c1)C(=O)Nc1ccccc1. The number of nitrogens with zero attached hydrogens (tertiary/aromatic N) is 1. The van der Waals surface area contributed by atoms with Crippen molar-refractivity contribution >= 4 is 50.3 Å². The number of amides is 1. The highest BCUT2D eigenvalue weighted by Crippen LogP contribution is 2.29. The molecule has 1 amide bonds. The van der Waals surface area contributed by atoms with E-state index in [0.717, 1.165) is 10.8 Å². The Hall–Kier alpha value is -4.21. The van der Waals surface area contributed by atoms with Crippen LogP contribution in [0.2, 0.25) is 0 Å². The molecule has 0 aromatic heterocycles. The second-order valence-corrected chi connectivity index (χ2v) is 7.95. The van der Waals surface area contributed by atoms with Crippen molar-refractivity contribution in [2.75, 3.05) is 5.32 Å². The molecule has 1 N–H and O–H groups in total. The summed E-state index contributed by atoms with van der Waals surface area (Å²) < 4.78 is 6.12. The highest BCUT2D eigenvalue weighted by molar-refractivity contribution is 9.10. The molecule has 4 aromatic rings. The van der Waals surface area contributed by atoms with Crippen molar-refractivity contribution < 1.29 is 14.3 Å². The summed E-state index contributed by atoms with van der Waals surface area (Å²) in [5.74, 6) is -0.653. The summed E-state index contributed by atoms with van der Waals surface area (Å²) in [4.78, 5) is 25.2. The molecule has 0 spiro atoms. The molecule has 0 saturated heterocycles. The van der Waals surface area contributed by atoms with Gasteiger partial charge in [-0.05, 0) is 68.7 Å². The van der Waals surface area contributed by atoms with Gasteiger partial charge in [0.1, 0.15) is 17.4 Å². The summed E-state index contributed by atoms with van der Waals surface area (Å²) in [5.41, 5.74) is 1.62. The number of nitrogens with one attached hydrogen (secondary N) is 1. The molecule has 0 bridgehead atoms. The molecule has 160 valence electrons. The van der Waals surface area contributed by atoms with Gasteiger partial charge in [0.2, 0.25) is 0 Å². The van der Waals surface area contributed by atoms with E-state index in [1.165, 1.54) is 6.08 Å². The third kappa shape index (κ3) is 5.17. The Kier molecular flexibility index (Phi) is 6.63. The largest absolute Gasteiger partial charge is 0.422 e. The fourth-order valence-corrected chi connectivity index (χ4v) is 3.76. The molecule has 5 nitrogen and oxygen atoms in total. The lowest BCUT2D eigenvalue weighted by atomic mass is 10.0. The Morgan fingerprint density at radius 3 is 2.39 bits per heavy atom. The first kappa shape index (κ1) is 22.0. The number of fused-ring (bicyclic) bond motifs is 1. The van der Waals surface area contributed by atoms with Crippen LogP contribution in [0.15, 0.2) is 101 Å². The first-order valence-corrected chi connectivity index (χ1v) is 10.8. The van der Waals surface area contributed by atoms with Crippen LogP contribution in [0.3, 0.4) is 0 Å². The van der Waals surface area contributed by atoms with Gasteiger partial charge in [0.15, 0.2) is 0 Å². The van der Waals surface area contributed by atoms with Crippen LogP contribution >= 0.6 is 15.9 Å². The van der Waals surface area contributed by atoms with Gasteiger partial charge in [0.25, 0.3) is 5.91 Å². The van der Waals surface area contributed by atoms with Gasteiger partial charge in [-0.15, -0.1) is 0 Å². The van der Waals surface area contributed by atoms with Crippen molar-refractivity contribution in [1.82, 2.24) is 0 Å². The molecule has 0 aliphatic heterocycles. The molecule has 0 unspecified atom stereocenters. The number of ether oxygens (including phenoxy) is 1. The topological polar surface area (TPSA) is 79.2 Å². The van der Waals surface area contributed by atoms with Gasteiger partial charge in [0, 0.05) is 5.69 Å². The van der Waals surface area contributed by atoms with Gasteiger partial charge in [-0.2, -0.15) is 5.26 Å². The summed E-state index contributed by atoms with van der Waals surface area (Å²) in [6.45, 7) is 0. The summed E-state index contributed by atoms with van der Waals surface area (Å²) >= 11 is 3.41. The summed E-state index contributed by atoms with van der Waals surface area (Å²) in [6, 6.07) is 28.8. The number of para-hydroxylation sites is 1. The Labute approximate surface area is 199 Å². The van der Waals surface area contributed by atoms with Gasteiger partial charge in [-0.25, -0.2) is 4.79 Å². The van der Waals surface area contributed by atoms with Crippen molar-refractivity contribution in [3.63, 3.8) is 0 Å². The zero-order chi connectivity index (χ0) is 23.2. The Bertz CT molecular complexity index is 1420. The van der Waals surface area contributed by atoms with Crippen LogP contribution in [0, 0.1) is 11.3 Å². The van der Waals surface area contributed by atoms with Gasteiger partial charge >= 0.3 is 5.97 Å². The second-order valence-electron chi connectivity index (χ2n) is 7.10. The van der Waals surface area contributed by atoms with Crippen molar-refractivity contribution in [2.24, 2.45) is 0 Å². The number of nitriles is 1. The number of esters is 1. The smallest absolute Gasteiger partial charge is 0.344 e. The average Bonchev–Trinajstić information content (AvgIpc) is 2.84. The maximum absolute atomic E-state index is 12.8. The first-order valence-electron chi connectivity index (χ1n) is 10.0. The maximum Gasteiger partial charge on any atom is 0.344 e. The lowest BCUT2D eigenvalue weighted by Gasteiger charge is -2.09. The number of hydrogen-bond donors (Lipinski definition) is 1. The van der Waals surface area contributed by atoms with Crippen LogP contribution in [0.4, 0.5) is 5.69 Å². The normalized spacial score (nSPS) is 11.0. The number of hydrogen-bond acceptors (Lipinski definition) is 4. The maximum atomic E-state index is 12.8. The lowest BCUT2D eigenvalue weighted by molar-refractivity contribution is -0.112. The molecule has 0 heterocycles. The minimum atomic E-state index is -0.508. The molecule has 0 saturated carbocycles. The number of carbonyl (C=O) groups is 2. The van der Waals surface area contributed by atoms with Crippen LogP contribution in [0.25, 0.3) is 16.8 Å². The third-order valence-corrected chi connectivity index (χ3v) is 5.50. The standard InChI is InChI=1S/C27H17BrN2O3/c28-24-16-18(15-20(17-29)26(31)30-21-9-2-1-3-10-21)13-14-25(24)33-27(32)23-12-6-8-19-7-4-5-11-22(19)23/h1-16H,(H,30,31)/b20-15+. The Morgan fingerprint density at radius 1 is 0.909 bits per heavy atom. The van der Waals surface area contributed by atoms with E-state index in [9.17, 15) is 14.9 Å². The molecular formula is C27H17BrN2O3. The molecule has 4 aromatic carbocycles. The van der Waals surface area contributed by atoms with E-state index in [1.54, 1.807) is 48.5 Å². The third-order valence-electron chi connectivity index (χ3n) is 4.88. The van der Waals surface area contributed by atoms with Gasteiger partial charge in [0.05, 0.1) is 10.0 Å². The van der Waals surface area contributed by atoms with Crippen molar-refractivity contribution in [2.45, 2.75) is 0 Å². The fraction of sp³-hybridized carbons (Fsp3) is 0. The monoisotopic (exact) mass is 496 g/mol. The van der Waals surface area contributed by atoms with Gasteiger partial charge in [-0.1, -0.05) is 60.7 Å². The zero-order valence-electron chi connectivity index (χ0n) is 17.3. The highest BCUT2D eigenvalue weighted by atomic mass is 79.9. The highest BCUT2D eigenvalue weighted by Gasteiger charge is 2.15. The summed E-state index contributed by atoms with van der Waals surface area (Å²) in [7, 11) is 0. The van der Waals surface area contributed by atoms with Crippen LogP contribution < -0.4 is 10.1 Å². The first-order chi connectivity index (χ1) is 16.0. The molecule has 0 atom stereocenters.